The second-order valence-electron chi connectivity index (χ2n) is 10.4. The molecule has 1 aliphatic carbocycles. The highest BCUT2D eigenvalue weighted by molar-refractivity contribution is 7.57. The zero-order valence-electron chi connectivity index (χ0n) is 25.0. The first-order chi connectivity index (χ1) is 19.0. The summed E-state index contributed by atoms with van der Waals surface area (Å²) < 4.78 is 45.2. The summed E-state index contributed by atoms with van der Waals surface area (Å²) in [6.45, 7) is 7.65. The van der Waals surface area contributed by atoms with E-state index in [0.717, 1.165) is 50.5 Å². The van der Waals surface area contributed by atoms with E-state index in [2.05, 4.69) is 30.1 Å². The van der Waals surface area contributed by atoms with E-state index in [-0.39, 0.29) is 43.5 Å². The summed E-state index contributed by atoms with van der Waals surface area (Å²) in [5.74, 6) is 0.200. The Balaban J connectivity index is 2.65. The molecule has 3 atom stereocenters. The third-order valence-electron chi connectivity index (χ3n) is 7.02. The minimum absolute atomic E-state index is 0.0365. The van der Waals surface area contributed by atoms with Crippen LogP contribution in [-0.2, 0) is 29.9 Å². The fourth-order valence-electron chi connectivity index (χ4n) is 4.73. The molecule has 0 saturated carbocycles. The molecule has 0 bridgehead atoms. The summed E-state index contributed by atoms with van der Waals surface area (Å²) in [6, 6.07) is 3.82. The summed E-state index contributed by atoms with van der Waals surface area (Å²) in [5, 5.41) is 5.63. The first-order valence-electron chi connectivity index (χ1n) is 14.4. The van der Waals surface area contributed by atoms with Crippen molar-refractivity contribution in [1.82, 2.24) is 10.2 Å². The van der Waals surface area contributed by atoms with Gasteiger partial charge in [-0.15, -0.1) is 0 Å². The van der Waals surface area contributed by atoms with E-state index in [0.29, 0.717) is 17.1 Å². The number of rotatable bonds is 18. The third-order valence-corrected chi connectivity index (χ3v) is 11.0. The van der Waals surface area contributed by atoms with Crippen LogP contribution in [0.3, 0.4) is 0 Å². The first-order valence-corrected chi connectivity index (χ1v) is 18.0. The molecule has 1 aromatic carbocycles. The number of esters is 1. The zero-order valence-corrected chi connectivity index (χ0v) is 26.8. The van der Waals surface area contributed by atoms with E-state index in [4.69, 9.17) is 13.8 Å². The monoisotopic (exact) mass is 598 g/mol. The Morgan fingerprint density at radius 3 is 2.08 bits per heavy atom. The Labute approximate surface area is 240 Å². The van der Waals surface area contributed by atoms with Crippen molar-refractivity contribution < 1.29 is 32.5 Å². The fourth-order valence-corrected chi connectivity index (χ4v) is 7.57. The van der Waals surface area contributed by atoms with Crippen molar-refractivity contribution in [2.75, 3.05) is 33.0 Å². The van der Waals surface area contributed by atoms with Gasteiger partial charge in [0.2, 0.25) is 0 Å². The maximum absolute atomic E-state index is 13.9. The van der Waals surface area contributed by atoms with E-state index in [1.165, 1.54) is 12.5 Å². The molecule has 0 aromatic heterocycles. The molecule has 2 N–H and O–H groups in total. The number of allylic oxidation sites excluding steroid dienone is 2. The Kier molecular flexibility index (Phi) is 14.1. The second-order valence-corrected chi connectivity index (χ2v) is 15.3. The van der Waals surface area contributed by atoms with Crippen LogP contribution in [0, 0.1) is 0 Å². The summed E-state index contributed by atoms with van der Waals surface area (Å²) in [4.78, 5) is 23.7. The smallest absolute Gasteiger partial charge is 0.316 e. The number of nitrogens with one attached hydrogen (secondary N) is 2. The van der Waals surface area contributed by atoms with Crippen molar-refractivity contribution in [1.29, 1.82) is 0 Å². The highest BCUT2D eigenvalue weighted by atomic mass is 31.2. The normalized spacial score (nSPS) is 18.2. The van der Waals surface area contributed by atoms with E-state index in [9.17, 15) is 18.7 Å². The lowest BCUT2D eigenvalue weighted by molar-refractivity contribution is -0.142. The summed E-state index contributed by atoms with van der Waals surface area (Å²) in [6.07, 6.45) is 8.81. The van der Waals surface area contributed by atoms with Gasteiger partial charge in [0.1, 0.15) is 17.3 Å². The molecule has 2 rings (SSSR count). The maximum Gasteiger partial charge on any atom is 0.316 e. The fraction of sp³-hybridized carbons (Fsp3) is 0.655. The molecule has 0 spiro atoms. The van der Waals surface area contributed by atoms with Crippen molar-refractivity contribution in [3.63, 3.8) is 0 Å². The minimum Gasteiger partial charge on any atom is -0.466 e. The van der Waals surface area contributed by atoms with Crippen molar-refractivity contribution in [2.45, 2.75) is 91.4 Å². The van der Waals surface area contributed by atoms with Crippen molar-refractivity contribution in [3.8, 4) is 11.5 Å². The van der Waals surface area contributed by atoms with Gasteiger partial charge in [0.15, 0.2) is 0 Å². The van der Waals surface area contributed by atoms with Crippen LogP contribution in [0.15, 0.2) is 23.8 Å². The maximum atomic E-state index is 13.9. The molecule has 3 unspecified atom stereocenters. The van der Waals surface area contributed by atoms with Gasteiger partial charge in [-0.05, 0) is 84.7 Å². The number of hydrogen-bond acceptors (Lipinski definition) is 7. The molecule has 40 heavy (non-hydrogen) atoms. The summed E-state index contributed by atoms with van der Waals surface area (Å²) in [7, 11) is -3.81. The molecule has 1 aliphatic rings. The molecule has 1 aromatic rings. The van der Waals surface area contributed by atoms with Gasteiger partial charge in [0.25, 0.3) is 0 Å². The largest absolute Gasteiger partial charge is 0.466 e. The van der Waals surface area contributed by atoms with Crippen LogP contribution in [0.2, 0.25) is 0 Å². The number of carbonyl (C=O) groups excluding carboxylic acids is 2. The van der Waals surface area contributed by atoms with Gasteiger partial charge < -0.3 is 18.6 Å². The quantitative estimate of drug-likeness (QED) is 0.0786. The highest BCUT2D eigenvalue weighted by Crippen LogP contribution is 2.53. The lowest BCUT2D eigenvalue weighted by Gasteiger charge is -2.29. The van der Waals surface area contributed by atoms with Crippen LogP contribution in [0.5, 0.6) is 11.5 Å². The van der Waals surface area contributed by atoms with Gasteiger partial charge in [-0.2, -0.15) is 0 Å². The molecule has 0 radical (unpaired) electrons. The van der Waals surface area contributed by atoms with Gasteiger partial charge in [0, 0.05) is 17.9 Å². The van der Waals surface area contributed by atoms with E-state index < -0.39 is 21.0 Å². The predicted octanol–water partition coefficient (Wildman–Crippen LogP) is 7.15. The molecule has 0 saturated heterocycles. The topological polar surface area (TPSA) is 120 Å². The number of benzene rings is 1. The standard InChI is InChI=1S/C29H48N2O7P2/c1-7-9-10-13-24-20-26(37-39(34,30-5)17-15-23(4)32)29(25-14-11-12-22(3)19-25)27(21-24)38-40(35,31-6)18-16-28(33)36-8-2/h19-21,25H,7-18H2,1-6H3,(H,30,34)(H,31,35). The number of unbranched alkanes of at least 4 members (excludes halogenated alkanes) is 2. The summed E-state index contributed by atoms with van der Waals surface area (Å²) >= 11 is 0. The Morgan fingerprint density at radius 1 is 0.975 bits per heavy atom. The molecule has 226 valence electrons. The van der Waals surface area contributed by atoms with Crippen molar-refractivity contribution in [3.05, 3.63) is 34.9 Å². The summed E-state index contributed by atoms with van der Waals surface area (Å²) in [5.41, 5.74) is 2.83. The first kappa shape index (κ1) is 34.3. The molecule has 9 nitrogen and oxygen atoms in total. The lowest BCUT2D eigenvalue weighted by atomic mass is 9.84. The predicted molar refractivity (Wildman–Crippen MR) is 161 cm³/mol. The highest BCUT2D eigenvalue weighted by Gasteiger charge is 2.32. The molecular formula is C29H48N2O7P2. The number of ether oxygens (including phenoxy) is 1. The van der Waals surface area contributed by atoms with Gasteiger partial charge in [-0.3, -0.25) is 13.9 Å². The average molecular weight is 599 g/mol. The van der Waals surface area contributed by atoms with Crippen LogP contribution >= 0.6 is 15.0 Å². The van der Waals surface area contributed by atoms with Gasteiger partial charge in [0.05, 0.1) is 25.4 Å². The van der Waals surface area contributed by atoms with Crippen molar-refractivity contribution >= 4 is 26.8 Å². The number of Topliss-reactive ketones (excluding diaryl/α,β-unsaturated/α-hetero) is 1. The number of ketones is 1. The molecule has 11 heteroatoms. The molecule has 0 amide bonds. The van der Waals surface area contributed by atoms with Crippen LogP contribution < -0.4 is 19.2 Å². The van der Waals surface area contributed by atoms with Crippen molar-refractivity contribution in [2.24, 2.45) is 0 Å². The minimum atomic E-state index is -3.50. The SMILES string of the molecule is CCCCCc1cc(OP(=O)(CCC(C)=O)NC)c(C2C=C(C)CCC2)c(OP(=O)(CCC(=O)OCC)NC)c1. The van der Waals surface area contributed by atoms with Crippen LogP contribution in [-0.4, -0.2) is 44.8 Å². The number of carbonyl (C=O) groups is 2. The van der Waals surface area contributed by atoms with Crippen LogP contribution in [0.4, 0.5) is 0 Å². The van der Waals surface area contributed by atoms with E-state index >= 15 is 0 Å². The number of hydrogen-bond donors (Lipinski definition) is 2. The zero-order chi connectivity index (χ0) is 29.8. The molecule has 0 fully saturated rings. The molecule has 0 aliphatic heterocycles. The average Bonchev–Trinajstić information content (AvgIpc) is 2.91. The Hall–Kier alpha value is -1.92. The number of aryl methyl sites for hydroxylation is 1. The van der Waals surface area contributed by atoms with E-state index in [1.807, 2.05) is 12.1 Å². The van der Waals surface area contributed by atoms with E-state index in [1.54, 1.807) is 21.0 Å². The van der Waals surface area contributed by atoms with Crippen LogP contribution in [0.25, 0.3) is 0 Å². The Morgan fingerprint density at radius 2 is 1.57 bits per heavy atom. The molecule has 0 heterocycles. The van der Waals surface area contributed by atoms with Crippen LogP contribution in [0.1, 0.15) is 96.1 Å². The second kappa shape index (κ2) is 16.5. The third kappa shape index (κ3) is 10.8. The van der Waals surface area contributed by atoms with Gasteiger partial charge in [-0.1, -0.05) is 31.4 Å². The lowest BCUT2D eigenvalue weighted by Crippen LogP contribution is -2.18. The van der Waals surface area contributed by atoms with Gasteiger partial charge >= 0.3 is 21.0 Å². The van der Waals surface area contributed by atoms with Gasteiger partial charge in [-0.25, -0.2) is 10.2 Å². The molecular weight excluding hydrogens is 550 g/mol. The Bertz CT molecular complexity index is 1140.